The van der Waals surface area contributed by atoms with Gasteiger partial charge < -0.3 is 14.7 Å². The highest BCUT2D eigenvalue weighted by molar-refractivity contribution is 5.75. The summed E-state index contributed by atoms with van der Waals surface area (Å²) in [6.45, 7) is 0.588. The molecule has 6 nitrogen and oxygen atoms in total. The highest BCUT2D eigenvalue weighted by Crippen LogP contribution is 2.34. The van der Waals surface area contributed by atoms with Gasteiger partial charge in [-0.15, -0.1) is 0 Å². The van der Waals surface area contributed by atoms with E-state index in [1.54, 1.807) is 4.90 Å². The van der Waals surface area contributed by atoms with E-state index in [-0.39, 0.29) is 35.4 Å². The van der Waals surface area contributed by atoms with E-state index in [0.717, 1.165) is 44.2 Å². The van der Waals surface area contributed by atoms with E-state index in [0.29, 0.717) is 13.0 Å². The third-order valence-corrected chi connectivity index (χ3v) is 5.37. The number of carbonyl (C=O) groups excluding carboxylic acids is 1. The van der Waals surface area contributed by atoms with Crippen LogP contribution in [0.1, 0.15) is 56.0 Å². The van der Waals surface area contributed by atoms with Crippen molar-refractivity contribution in [3.63, 3.8) is 0 Å². The average molecular weight is 394 g/mol. The van der Waals surface area contributed by atoms with Crippen LogP contribution in [-0.4, -0.2) is 33.7 Å². The predicted octanol–water partition coefficient (Wildman–Crippen LogP) is 4.54. The Balaban J connectivity index is 1.51. The molecule has 150 valence electrons. The van der Waals surface area contributed by atoms with Crippen molar-refractivity contribution in [2.45, 2.75) is 56.8 Å². The number of urea groups is 1. The van der Waals surface area contributed by atoms with Crippen LogP contribution < -0.4 is 5.32 Å². The first kappa shape index (κ1) is 18.8. The van der Waals surface area contributed by atoms with E-state index >= 15 is 0 Å². The van der Waals surface area contributed by atoms with Crippen LogP contribution in [0.3, 0.4) is 0 Å². The van der Waals surface area contributed by atoms with E-state index in [1.807, 2.05) is 0 Å². The second kappa shape index (κ2) is 7.44. The number of halogens is 3. The van der Waals surface area contributed by atoms with Crippen LogP contribution in [0.5, 0.6) is 0 Å². The number of nitrogens with one attached hydrogen (secondary N) is 1. The monoisotopic (exact) mass is 394 g/mol. The Kier molecular flexibility index (Phi) is 4.99. The Morgan fingerprint density at radius 3 is 2.71 bits per heavy atom. The van der Waals surface area contributed by atoms with Crippen molar-refractivity contribution in [2.24, 2.45) is 0 Å². The van der Waals surface area contributed by atoms with Crippen LogP contribution in [0.25, 0.3) is 11.4 Å². The Morgan fingerprint density at radius 2 is 1.96 bits per heavy atom. The van der Waals surface area contributed by atoms with E-state index in [2.05, 4.69) is 15.5 Å². The summed E-state index contributed by atoms with van der Waals surface area (Å²) in [6, 6.07) is 4.51. The van der Waals surface area contributed by atoms with Crippen molar-refractivity contribution in [1.82, 2.24) is 20.4 Å². The summed E-state index contributed by atoms with van der Waals surface area (Å²) in [5.41, 5.74) is -0.542. The first-order valence-electron chi connectivity index (χ1n) is 9.50. The molecule has 28 heavy (non-hydrogen) atoms. The van der Waals surface area contributed by atoms with Crippen LogP contribution in [0, 0.1) is 0 Å². The van der Waals surface area contributed by atoms with E-state index in [4.69, 9.17) is 4.52 Å². The molecule has 1 aromatic carbocycles. The molecule has 2 aromatic rings. The van der Waals surface area contributed by atoms with Gasteiger partial charge in [0.25, 0.3) is 0 Å². The molecule has 4 rings (SSSR count). The lowest BCUT2D eigenvalue weighted by atomic mass is 10.1. The number of likely N-dealkylation sites (tertiary alicyclic amines) is 1. The zero-order valence-corrected chi connectivity index (χ0v) is 15.2. The standard InChI is InChI=1S/C19H21F3N4O2/c20-19(21,22)13-6-3-5-12(11-13)16-24-17(28-25-16)15-9-4-10-26(15)18(27)23-14-7-1-2-8-14/h3,5-6,11,14-15H,1-2,4,7-10H2,(H,23,27)/t15-/m1/s1. The molecule has 2 amide bonds. The van der Waals surface area contributed by atoms with Gasteiger partial charge >= 0.3 is 12.2 Å². The fourth-order valence-corrected chi connectivity index (χ4v) is 3.92. The molecule has 1 atom stereocenters. The highest BCUT2D eigenvalue weighted by Gasteiger charge is 2.35. The van der Waals surface area contributed by atoms with Gasteiger partial charge in [0.15, 0.2) is 0 Å². The van der Waals surface area contributed by atoms with Crippen molar-refractivity contribution >= 4 is 6.03 Å². The Hall–Kier alpha value is -2.58. The normalized spacial score (nSPS) is 20.7. The summed E-state index contributed by atoms with van der Waals surface area (Å²) in [5.74, 6) is 0.343. The van der Waals surface area contributed by atoms with Crippen LogP contribution in [0.4, 0.5) is 18.0 Å². The fraction of sp³-hybridized carbons (Fsp3) is 0.526. The Bertz CT molecular complexity index is 846. The lowest BCUT2D eigenvalue weighted by Crippen LogP contribution is -2.43. The number of benzene rings is 1. The molecule has 2 fully saturated rings. The van der Waals surface area contributed by atoms with Crippen LogP contribution in [0.15, 0.2) is 28.8 Å². The number of hydrogen-bond acceptors (Lipinski definition) is 4. The van der Waals surface area contributed by atoms with E-state index in [1.165, 1.54) is 12.1 Å². The molecule has 1 saturated heterocycles. The lowest BCUT2D eigenvalue weighted by Gasteiger charge is -2.24. The SMILES string of the molecule is O=C(NC1CCCC1)N1CCC[C@@H]1c1nc(-c2cccc(C(F)(F)F)c2)no1. The van der Waals surface area contributed by atoms with Gasteiger partial charge in [0.2, 0.25) is 11.7 Å². The number of carbonyl (C=O) groups is 1. The largest absolute Gasteiger partial charge is 0.416 e. The van der Waals surface area contributed by atoms with Crippen molar-refractivity contribution in [3.05, 3.63) is 35.7 Å². The second-order valence-electron chi connectivity index (χ2n) is 7.32. The minimum Gasteiger partial charge on any atom is -0.337 e. The molecule has 1 aliphatic carbocycles. The minimum absolute atomic E-state index is 0.0872. The summed E-state index contributed by atoms with van der Waals surface area (Å²) < 4.78 is 44.1. The fourth-order valence-electron chi connectivity index (χ4n) is 3.92. The molecule has 0 unspecified atom stereocenters. The maximum atomic E-state index is 12.9. The van der Waals surface area contributed by atoms with E-state index < -0.39 is 11.7 Å². The van der Waals surface area contributed by atoms with Crippen LogP contribution >= 0.6 is 0 Å². The molecule has 1 N–H and O–H groups in total. The summed E-state index contributed by atoms with van der Waals surface area (Å²) >= 11 is 0. The molecule has 9 heteroatoms. The van der Waals surface area contributed by atoms with Gasteiger partial charge in [0.1, 0.15) is 6.04 Å². The van der Waals surface area contributed by atoms with Crippen LogP contribution in [-0.2, 0) is 6.18 Å². The van der Waals surface area contributed by atoms with Crippen molar-refractivity contribution in [3.8, 4) is 11.4 Å². The van der Waals surface area contributed by atoms with Crippen molar-refractivity contribution in [2.75, 3.05) is 6.54 Å². The first-order chi connectivity index (χ1) is 13.4. The number of amides is 2. The third kappa shape index (κ3) is 3.83. The zero-order chi connectivity index (χ0) is 19.7. The van der Waals surface area contributed by atoms with Crippen LogP contribution in [0.2, 0.25) is 0 Å². The maximum Gasteiger partial charge on any atom is 0.416 e. The minimum atomic E-state index is -4.44. The van der Waals surface area contributed by atoms with Gasteiger partial charge in [-0.3, -0.25) is 0 Å². The first-order valence-corrected chi connectivity index (χ1v) is 9.50. The quantitative estimate of drug-likeness (QED) is 0.829. The highest BCUT2D eigenvalue weighted by atomic mass is 19.4. The lowest BCUT2D eigenvalue weighted by molar-refractivity contribution is -0.137. The topological polar surface area (TPSA) is 71.3 Å². The van der Waals surface area contributed by atoms with Crippen molar-refractivity contribution in [1.29, 1.82) is 0 Å². The maximum absolute atomic E-state index is 12.9. The molecule has 0 spiro atoms. The molecular formula is C19H21F3N4O2. The zero-order valence-electron chi connectivity index (χ0n) is 15.2. The number of hydrogen-bond donors (Lipinski definition) is 1. The van der Waals surface area contributed by atoms with Gasteiger partial charge in [-0.2, -0.15) is 18.2 Å². The van der Waals surface area contributed by atoms with E-state index in [9.17, 15) is 18.0 Å². The number of alkyl halides is 3. The average Bonchev–Trinajstić information content (AvgIpc) is 3.41. The predicted molar refractivity (Wildman–Crippen MR) is 94.2 cm³/mol. The molecule has 2 aliphatic rings. The number of rotatable bonds is 3. The third-order valence-electron chi connectivity index (χ3n) is 5.37. The number of nitrogens with zero attached hydrogens (tertiary/aromatic N) is 3. The molecule has 2 heterocycles. The number of aromatic nitrogens is 2. The Morgan fingerprint density at radius 1 is 1.18 bits per heavy atom. The summed E-state index contributed by atoms with van der Waals surface area (Å²) in [5, 5.41) is 6.89. The van der Waals surface area contributed by atoms with Gasteiger partial charge in [0, 0.05) is 18.2 Å². The van der Waals surface area contributed by atoms with Crippen molar-refractivity contribution < 1.29 is 22.5 Å². The van der Waals surface area contributed by atoms with Gasteiger partial charge in [-0.05, 0) is 37.8 Å². The molecule has 1 aromatic heterocycles. The molecule has 1 aliphatic heterocycles. The summed E-state index contributed by atoms with van der Waals surface area (Å²) in [6.07, 6.45) is 1.28. The summed E-state index contributed by atoms with van der Waals surface area (Å²) in [7, 11) is 0. The van der Waals surface area contributed by atoms with Gasteiger partial charge in [-0.25, -0.2) is 4.79 Å². The molecule has 1 saturated carbocycles. The smallest absolute Gasteiger partial charge is 0.337 e. The summed E-state index contributed by atoms with van der Waals surface area (Å²) in [4.78, 5) is 18.6. The second-order valence-corrected chi connectivity index (χ2v) is 7.32. The molecule has 0 radical (unpaired) electrons. The molecular weight excluding hydrogens is 373 g/mol. The van der Waals surface area contributed by atoms with Gasteiger partial charge in [0.05, 0.1) is 5.56 Å². The Labute approximate surface area is 160 Å². The van der Waals surface area contributed by atoms with Gasteiger partial charge in [-0.1, -0.05) is 30.1 Å². The molecule has 0 bridgehead atoms.